The van der Waals surface area contributed by atoms with Crippen LogP contribution in [-0.4, -0.2) is 11.7 Å². The van der Waals surface area contributed by atoms with E-state index in [4.69, 9.17) is 26.1 Å². The lowest BCUT2D eigenvalue weighted by molar-refractivity contribution is 0.282. The summed E-state index contributed by atoms with van der Waals surface area (Å²) in [5.74, 6) is 1.15. The Morgan fingerprint density at radius 1 is 1.02 bits per heavy atom. The molecular weight excluding hydrogens is 724 g/mol. The largest absolute Gasteiger partial charge is 0.493 e. The van der Waals surface area contributed by atoms with E-state index in [1.165, 1.54) is 22.5 Å². The number of fused-ring (bicyclic) bond motifs is 3. The van der Waals surface area contributed by atoms with Crippen molar-refractivity contribution in [2.45, 2.75) is 25.5 Å². The summed E-state index contributed by atoms with van der Waals surface area (Å²) in [5, 5.41) is 0.676. The molecule has 1 aliphatic heterocycles. The molecule has 9 heteroatoms. The van der Waals surface area contributed by atoms with Crippen LogP contribution in [0.4, 0.5) is 0 Å². The molecule has 44 heavy (non-hydrogen) atoms. The molecule has 4 aromatic carbocycles. The molecule has 0 amide bonds. The lowest BCUT2D eigenvalue weighted by atomic mass is 9.83. The third-order valence-electron chi connectivity index (χ3n) is 7.90. The van der Waals surface area contributed by atoms with E-state index in [1.54, 1.807) is 7.11 Å². The second-order valence-electron chi connectivity index (χ2n) is 10.6. The molecule has 2 heterocycles. The van der Waals surface area contributed by atoms with Gasteiger partial charge in [0.25, 0.3) is 5.56 Å². The van der Waals surface area contributed by atoms with E-state index in [2.05, 4.69) is 68.3 Å². The van der Waals surface area contributed by atoms with Crippen molar-refractivity contribution in [2.75, 3.05) is 7.11 Å². The Bertz CT molecular complexity index is 2120. The van der Waals surface area contributed by atoms with Gasteiger partial charge in [-0.15, -0.1) is 0 Å². The summed E-state index contributed by atoms with van der Waals surface area (Å²) in [5.41, 5.74) is 7.40. The third-order valence-corrected chi connectivity index (χ3v) is 10.3. The first-order valence-electron chi connectivity index (χ1n) is 14.0. The molecule has 0 fully saturated rings. The fraction of sp³-hybridized carbons (Fsp3) is 0.143. The minimum Gasteiger partial charge on any atom is -0.493 e. The minimum absolute atomic E-state index is 0.0646. The van der Waals surface area contributed by atoms with Gasteiger partial charge < -0.3 is 9.47 Å². The summed E-state index contributed by atoms with van der Waals surface area (Å²) in [6.07, 6.45) is 3.67. The van der Waals surface area contributed by atoms with Crippen molar-refractivity contribution in [2.24, 2.45) is 4.99 Å². The molecule has 0 saturated heterocycles. The molecular formula is C35H25Br2ClN2O3S. The van der Waals surface area contributed by atoms with Crippen LogP contribution in [0.15, 0.2) is 109 Å². The Labute approximate surface area is 280 Å². The molecule has 0 saturated carbocycles. The summed E-state index contributed by atoms with van der Waals surface area (Å²) in [6.45, 7) is 0.355. The number of hydrogen-bond donors (Lipinski definition) is 0. The second kappa shape index (κ2) is 12.2. The molecule has 0 unspecified atom stereocenters. The molecule has 0 radical (unpaired) electrons. The number of methoxy groups -OCH3 is 1. The van der Waals surface area contributed by atoms with Gasteiger partial charge in [0.05, 0.1) is 27.9 Å². The number of hydrogen-bond acceptors (Lipinski definition) is 5. The van der Waals surface area contributed by atoms with E-state index in [-0.39, 0.29) is 11.6 Å². The number of nitrogens with zero attached hydrogens (tertiary/aromatic N) is 2. The van der Waals surface area contributed by atoms with Crippen molar-refractivity contribution in [1.82, 2.24) is 4.57 Å². The van der Waals surface area contributed by atoms with Crippen molar-refractivity contribution in [3.05, 3.63) is 152 Å². The van der Waals surface area contributed by atoms with E-state index in [0.717, 1.165) is 49.7 Å². The summed E-state index contributed by atoms with van der Waals surface area (Å²) in [4.78, 5) is 20.0. The number of thiazole rings is 1. The lowest BCUT2D eigenvalue weighted by Crippen LogP contribution is -2.38. The number of aryl methyl sites for hydroxylation is 1. The lowest BCUT2D eigenvalue weighted by Gasteiger charge is -2.30. The fourth-order valence-electron chi connectivity index (χ4n) is 5.82. The van der Waals surface area contributed by atoms with Gasteiger partial charge in [0, 0.05) is 15.1 Å². The van der Waals surface area contributed by atoms with Gasteiger partial charge in [0.2, 0.25) is 0 Å². The average Bonchev–Trinajstić information content (AvgIpc) is 3.34. The Hall–Kier alpha value is -3.43. The molecule has 1 aliphatic carbocycles. The summed E-state index contributed by atoms with van der Waals surface area (Å²) in [7, 11) is 1.61. The Morgan fingerprint density at radius 3 is 2.57 bits per heavy atom. The summed E-state index contributed by atoms with van der Waals surface area (Å²) >= 11 is 14.7. The number of ether oxygens (including phenoxy) is 2. The molecule has 5 aromatic rings. The summed E-state index contributed by atoms with van der Waals surface area (Å²) in [6, 6.07) is 27.8. The van der Waals surface area contributed by atoms with Crippen LogP contribution in [0.2, 0.25) is 5.02 Å². The highest BCUT2D eigenvalue weighted by molar-refractivity contribution is 9.10. The van der Waals surface area contributed by atoms with Crippen LogP contribution >= 0.6 is 54.8 Å². The minimum atomic E-state index is -0.227. The number of aromatic nitrogens is 1. The van der Waals surface area contributed by atoms with Gasteiger partial charge in [-0.25, -0.2) is 4.99 Å². The quantitative estimate of drug-likeness (QED) is 0.177. The maximum absolute atomic E-state index is 14.2. The van der Waals surface area contributed by atoms with E-state index in [1.807, 2.05) is 59.2 Å². The van der Waals surface area contributed by atoms with E-state index in [9.17, 15) is 4.79 Å². The smallest absolute Gasteiger partial charge is 0.271 e. The molecule has 220 valence electrons. The zero-order valence-corrected chi connectivity index (χ0v) is 28.3. The van der Waals surface area contributed by atoms with E-state index >= 15 is 0 Å². The number of halogens is 3. The standard InChI is InChI=1S/C35H25Br2ClN2O3S/c1-42-29-17-21(16-28(37)33(29)43-19-20-6-13-25(38)14-7-20)18-30-34(41)40-32(23-8-11-24(36)12-9-23)27-15-10-22-4-2-3-5-26(22)31(27)39-35(40)44-30/h2-9,11-14,16-18,32H,10,15,19H2,1H3/b30-18+/t32-/m1/s1. The number of benzene rings is 4. The molecule has 5 nitrogen and oxygen atoms in total. The molecule has 0 bridgehead atoms. The van der Waals surface area contributed by atoms with Crippen LogP contribution < -0.4 is 24.4 Å². The van der Waals surface area contributed by atoms with Crippen LogP contribution in [0.1, 0.15) is 40.3 Å². The summed E-state index contributed by atoms with van der Waals surface area (Å²) < 4.78 is 16.0. The SMILES string of the molecule is COc1cc(/C=c2/sc3n(c2=O)[C@H](c2ccc(Br)cc2)C2=C(N=3)c3ccccc3CC2)cc(Br)c1OCc1ccc(Cl)cc1. The molecule has 0 spiro atoms. The highest BCUT2D eigenvalue weighted by Gasteiger charge is 2.32. The van der Waals surface area contributed by atoms with Gasteiger partial charge in [-0.2, -0.15) is 0 Å². The van der Waals surface area contributed by atoms with Gasteiger partial charge in [-0.3, -0.25) is 9.36 Å². The van der Waals surface area contributed by atoms with Gasteiger partial charge in [-0.05, 0) is 99.1 Å². The highest BCUT2D eigenvalue weighted by atomic mass is 79.9. The Morgan fingerprint density at radius 2 is 1.80 bits per heavy atom. The third kappa shape index (κ3) is 5.49. The fourth-order valence-corrected chi connectivity index (χ4v) is 7.78. The number of allylic oxidation sites excluding steroid dienone is 1. The van der Waals surface area contributed by atoms with Gasteiger partial charge in [0.1, 0.15) is 6.61 Å². The Kier molecular flexibility index (Phi) is 8.10. The molecule has 7 rings (SSSR count). The van der Waals surface area contributed by atoms with Gasteiger partial charge in [0.15, 0.2) is 16.3 Å². The normalized spacial score (nSPS) is 15.7. The number of rotatable bonds is 6. The molecule has 0 N–H and O–H groups in total. The van der Waals surface area contributed by atoms with Crippen molar-refractivity contribution in [3.8, 4) is 11.5 Å². The van der Waals surface area contributed by atoms with Crippen molar-refractivity contribution in [3.63, 3.8) is 0 Å². The predicted octanol–water partition coefficient (Wildman–Crippen LogP) is 8.08. The molecule has 1 atom stereocenters. The van der Waals surface area contributed by atoms with Crippen LogP contribution in [0.5, 0.6) is 11.5 Å². The monoisotopic (exact) mass is 746 g/mol. The zero-order chi connectivity index (χ0) is 30.4. The zero-order valence-electron chi connectivity index (χ0n) is 23.5. The molecule has 1 aromatic heterocycles. The topological polar surface area (TPSA) is 52.8 Å². The first kappa shape index (κ1) is 29.3. The van der Waals surface area contributed by atoms with Crippen LogP contribution in [0, 0.1) is 0 Å². The van der Waals surface area contributed by atoms with Gasteiger partial charge in [-0.1, -0.05) is 87.4 Å². The average molecular weight is 749 g/mol. The highest BCUT2D eigenvalue weighted by Crippen LogP contribution is 2.41. The molecule has 2 aliphatic rings. The maximum Gasteiger partial charge on any atom is 0.271 e. The van der Waals surface area contributed by atoms with Crippen molar-refractivity contribution < 1.29 is 9.47 Å². The van der Waals surface area contributed by atoms with Crippen LogP contribution in [0.3, 0.4) is 0 Å². The first-order chi connectivity index (χ1) is 21.4. The van der Waals surface area contributed by atoms with E-state index in [0.29, 0.717) is 32.5 Å². The van der Waals surface area contributed by atoms with E-state index < -0.39 is 0 Å². The second-order valence-corrected chi connectivity index (χ2v) is 13.8. The van der Waals surface area contributed by atoms with Crippen LogP contribution in [0.25, 0.3) is 11.8 Å². The predicted molar refractivity (Wildman–Crippen MR) is 183 cm³/mol. The van der Waals surface area contributed by atoms with Crippen molar-refractivity contribution >= 4 is 66.6 Å². The van der Waals surface area contributed by atoms with Crippen LogP contribution in [-0.2, 0) is 13.0 Å². The first-order valence-corrected chi connectivity index (χ1v) is 16.8. The van der Waals surface area contributed by atoms with Crippen molar-refractivity contribution in [1.29, 1.82) is 0 Å². The van der Waals surface area contributed by atoms with Gasteiger partial charge >= 0.3 is 0 Å². The Balaban J connectivity index is 1.32. The maximum atomic E-state index is 14.2.